The van der Waals surface area contributed by atoms with Crippen LogP contribution in [0.25, 0.3) is 0 Å². The fraction of sp³-hybridized carbons (Fsp3) is 0.526. The number of carbonyl (C=O) groups excluding carboxylic acids is 1. The molecule has 8 heteroatoms. The van der Waals surface area contributed by atoms with Crippen molar-refractivity contribution in [1.82, 2.24) is 20.0 Å². The molecule has 0 spiro atoms. The summed E-state index contributed by atoms with van der Waals surface area (Å²) in [7, 11) is 3.30. The summed E-state index contributed by atoms with van der Waals surface area (Å²) in [5, 5.41) is 7.63. The molecule has 0 saturated carbocycles. The largest absolute Gasteiger partial charge is 0.465 e. The van der Waals surface area contributed by atoms with E-state index in [1.165, 1.54) is 12.7 Å². The number of carbonyl (C=O) groups is 1. The Morgan fingerprint density at radius 1 is 1.52 bits per heavy atom. The molecule has 3 heterocycles. The minimum absolute atomic E-state index is 0.369. The van der Waals surface area contributed by atoms with Crippen LogP contribution in [0.2, 0.25) is 0 Å². The van der Waals surface area contributed by atoms with Crippen molar-refractivity contribution in [3.8, 4) is 0 Å². The molecule has 0 bridgehead atoms. The fourth-order valence-corrected chi connectivity index (χ4v) is 3.39. The molecule has 1 saturated heterocycles. The first-order valence-corrected chi connectivity index (χ1v) is 9.21. The molecule has 1 unspecified atom stereocenters. The predicted molar refractivity (Wildman–Crippen MR) is 102 cm³/mol. The SMILES string of the molecule is CCNC(=NCc1cc(C(=O)OC)c(C)o1)N1CCC(c2cnn(C)c2)C1. The molecule has 27 heavy (non-hydrogen) atoms. The van der Waals surface area contributed by atoms with Gasteiger partial charge >= 0.3 is 5.97 Å². The Kier molecular flexibility index (Phi) is 5.83. The van der Waals surface area contributed by atoms with E-state index in [2.05, 4.69) is 28.4 Å². The Hall–Kier alpha value is -2.77. The minimum atomic E-state index is -0.391. The third kappa shape index (κ3) is 4.32. The van der Waals surface area contributed by atoms with Crippen LogP contribution in [-0.2, 0) is 18.3 Å². The van der Waals surface area contributed by atoms with Crippen LogP contribution in [0.5, 0.6) is 0 Å². The fourth-order valence-electron chi connectivity index (χ4n) is 3.39. The second-order valence-corrected chi connectivity index (χ2v) is 6.72. The number of rotatable bonds is 5. The van der Waals surface area contributed by atoms with Crippen molar-refractivity contribution in [2.45, 2.75) is 32.7 Å². The second kappa shape index (κ2) is 8.28. The number of hydrogen-bond acceptors (Lipinski definition) is 5. The van der Waals surface area contributed by atoms with E-state index in [1.54, 1.807) is 13.0 Å². The number of nitrogens with one attached hydrogen (secondary N) is 1. The first-order valence-electron chi connectivity index (χ1n) is 9.21. The summed E-state index contributed by atoms with van der Waals surface area (Å²) < 4.78 is 12.3. The van der Waals surface area contributed by atoms with Crippen LogP contribution < -0.4 is 5.32 Å². The molecule has 0 radical (unpaired) electrons. The number of esters is 1. The zero-order valence-electron chi connectivity index (χ0n) is 16.4. The molecule has 2 aromatic rings. The maximum absolute atomic E-state index is 11.7. The van der Waals surface area contributed by atoms with E-state index < -0.39 is 5.97 Å². The molecule has 0 amide bonds. The summed E-state index contributed by atoms with van der Waals surface area (Å²) in [5.41, 5.74) is 1.71. The van der Waals surface area contributed by atoms with Crippen molar-refractivity contribution in [1.29, 1.82) is 0 Å². The van der Waals surface area contributed by atoms with Crippen LogP contribution in [0.3, 0.4) is 0 Å². The normalized spacial score (nSPS) is 17.4. The van der Waals surface area contributed by atoms with Gasteiger partial charge in [-0.2, -0.15) is 5.10 Å². The van der Waals surface area contributed by atoms with Crippen molar-refractivity contribution in [3.63, 3.8) is 0 Å². The second-order valence-electron chi connectivity index (χ2n) is 6.72. The van der Waals surface area contributed by atoms with E-state index in [1.807, 2.05) is 17.9 Å². The van der Waals surface area contributed by atoms with Gasteiger partial charge in [-0.3, -0.25) is 4.68 Å². The number of guanidine groups is 1. The molecular formula is C19H27N5O3. The van der Waals surface area contributed by atoms with Crippen LogP contribution in [-0.4, -0.2) is 53.4 Å². The number of aryl methyl sites for hydroxylation is 2. The number of nitrogens with zero attached hydrogens (tertiary/aromatic N) is 4. The van der Waals surface area contributed by atoms with E-state index >= 15 is 0 Å². The Morgan fingerprint density at radius 3 is 3.00 bits per heavy atom. The van der Waals surface area contributed by atoms with Gasteiger partial charge in [-0.25, -0.2) is 9.79 Å². The Bertz CT molecular complexity index is 823. The first-order chi connectivity index (χ1) is 13.0. The smallest absolute Gasteiger partial charge is 0.341 e. The van der Waals surface area contributed by atoms with E-state index in [-0.39, 0.29) is 0 Å². The Labute approximate surface area is 159 Å². The van der Waals surface area contributed by atoms with Gasteiger partial charge in [-0.15, -0.1) is 0 Å². The predicted octanol–water partition coefficient (Wildman–Crippen LogP) is 2.06. The van der Waals surface area contributed by atoms with Gasteiger partial charge in [0.05, 0.1) is 13.3 Å². The third-order valence-corrected chi connectivity index (χ3v) is 4.78. The van der Waals surface area contributed by atoms with Crippen LogP contribution in [0, 0.1) is 6.92 Å². The van der Waals surface area contributed by atoms with E-state index in [9.17, 15) is 4.79 Å². The van der Waals surface area contributed by atoms with E-state index in [0.29, 0.717) is 29.5 Å². The lowest BCUT2D eigenvalue weighted by Crippen LogP contribution is -2.39. The van der Waals surface area contributed by atoms with E-state index in [0.717, 1.165) is 32.0 Å². The molecule has 1 fully saturated rings. The van der Waals surface area contributed by atoms with Crippen molar-refractivity contribution in [2.75, 3.05) is 26.7 Å². The van der Waals surface area contributed by atoms with Crippen LogP contribution in [0.1, 0.15) is 46.7 Å². The summed E-state index contributed by atoms with van der Waals surface area (Å²) in [6.45, 7) is 6.81. The van der Waals surface area contributed by atoms with Crippen molar-refractivity contribution < 1.29 is 13.9 Å². The first kappa shape index (κ1) is 19.0. The molecule has 1 atom stereocenters. The molecule has 1 aliphatic heterocycles. The third-order valence-electron chi connectivity index (χ3n) is 4.78. The van der Waals surface area contributed by atoms with Gasteiger partial charge in [-0.1, -0.05) is 0 Å². The van der Waals surface area contributed by atoms with Gasteiger partial charge in [0.2, 0.25) is 0 Å². The van der Waals surface area contributed by atoms with Gasteiger partial charge in [-0.05, 0) is 31.9 Å². The number of likely N-dealkylation sites (tertiary alicyclic amines) is 1. The van der Waals surface area contributed by atoms with Crippen LogP contribution in [0.15, 0.2) is 27.9 Å². The van der Waals surface area contributed by atoms with Gasteiger partial charge in [0, 0.05) is 38.8 Å². The lowest BCUT2D eigenvalue weighted by atomic mass is 10.0. The molecule has 2 aromatic heterocycles. The highest BCUT2D eigenvalue weighted by Crippen LogP contribution is 2.27. The maximum Gasteiger partial charge on any atom is 0.341 e. The number of aliphatic imine (C=N–C) groups is 1. The topological polar surface area (TPSA) is 84.9 Å². The van der Waals surface area contributed by atoms with Gasteiger partial charge in [0.15, 0.2) is 5.96 Å². The summed E-state index contributed by atoms with van der Waals surface area (Å²) in [6.07, 6.45) is 5.10. The summed E-state index contributed by atoms with van der Waals surface area (Å²) in [4.78, 5) is 18.7. The molecule has 8 nitrogen and oxygen atoms in total. The lowest BCUT2D eigenvalue weighted by Gasteiger charge is -2.21. The minimum Gasteiger partial charge on any atom is -0.465 e. The average Bonchev–Trinajstić information content (AvgIpc) is 3.37. The molecule has 146 valence electrons. The monoisotopic (exact) mass is 373 g/mol. The Balaban J connectivity index is 1.69. The zero-order chi connectivity index (χ0) is 19.4. The summed E-state index contributed by atoms with van der Waals surface area (Å²) in [6, 6.07) is 1.71. The average molecular weight is 373 g/mol. The molecular weight excluding hydrogens is 346 g/mol. The number of furan rings is 1. The number of ether oxygens (including phenoxy) is 1. The molecule has 0 aliphatic carbocycles. The van der Waals surface area contributed by atoms with Gasteiger partial charge in [0.1, 0.15) is 23.6 Å². The molecule has 3 rings (SSSR count). The molecule has 0 aromatic carbocycles. The highest BCUT2D eigenvalue weighted by molar-refractivity contribution is 5.90. The maximum atomic E-state index is 11.7. The highest BCUT2D eigenvalue weighted by atomic mass is 16.5. The van der Waals surface area contributed by atoms with Gasteiger partial charge < -0.3 is 19.4 Å². The molecule has 1 N–H and O–H groups in total. The van der Waals surface area contributed by atoms with Gasteiger partial charge in [0.25, 0.3) is 0 Å². The number of hydrogen-bond donors (Lipinski definition) is 1. The van der Waals surface area contributed by atoms with Crippen molar-refractivity contribution >= 4 is 11.9 Å². The van der Waals surface area contributed by atoms with E-state index in [4.69, 9.17) is 14.1 Å². The quantitative estimate of drug-likeness (QED) is 0.491. The number of methoxy groups -OCH3 is 1. The Morgan fingerprint density at radius 2 is 2.33 bits per heavy atom. The number of aromatic nitrogens is 2. The molecule has 1 aliphatic rings. The zero-order valence-corrected chi connectivity index (χ0v) is 16.4. The van der Waals surface area contributed by atoms with Crippen LogP contribution >= 0.6 is 0 Å². The lowest BCUT2D eigenvalue weighted by molar-refractivity contribution is 0.0599. The highest BCUT2D eigenvalue weighted by Gasteiger charge is 2.27. The standard InChI is InChI=1S/C19H27N5O3/c1-5-20-19(21-10-16-8-17(13(2)27-16)18(25)26-4)24-7-6-14(12-24)15-9-22-23(3)11-15/h8-9,11,14H,5-7,10,12H2,1-4H3,(H,20,21). The summed E-state index contributed by atoms with van der Waals surface area (Å²) in [5.74, 6) is 2.12. The van der Waals surface area contributed by atoms with Crippen LogP contribution in [0.4, 0.5) is 0 Å². The van der Waals surface area contributed by atoms with Crippen molar-refractivity contribution in [2.24, 2.45) is 12.0 Å². The van der Waals surface area contributed by atoms with Crippen molar-refractivity contribution in [3.05, 3.63) is 41.1 Å². The summed E-state index contributed by atoms with van der Waals surface area (Å²) >= 11 is 0.